The van der Waals surface area contributed by atoms with Crippen LogP contribution in [-0.4, -0.2) is 12.2 Å². The van der Waals surface area contributed by atoms with Gasteiger partial charge in [-0.25, -0.2) is 0 Å². The highest BCUT2D eigenvalue weighted by atomic mass is 16.5. The molecular formula is C15H18O2. The molecule has 0 atom stereocenters. The van der Waals surface area contributed by atoms with Gasteiger partial charge in [0.2, 0.25) is 0 Å². The van der Waals surface area contributed by atoms with Crippen LogP contribution in [0.1, 0.15) is 12.5 Å². The number of hydrogen-bond donors (Lipinski definition) is 1. The molecule has 2 aromatic carbocycles. The van der Waals surface area contributed by atoms with Gasteiger partial charge in [0.05, 0.1) is 7.11 Å². The summed E-state index contributed by atoms with van der Waals surface area (Å²) in [5, 5.41) is 8.85. The minimum Gasteiger partial charge on any atom is -0.508 e. The number of phenolic OH excluding ortho intramolecular Hbond substituents is 1. The molecule has 2 rings (SSSR count). The number of rotatable bonds is 2. The largest absolute Gasteiger partial charge is 0.508 e. The molecule has 0 amide bonds. The lowest BCUT2D eigenvalue weighted by Gasteiger charge is -1.93. The first-order valence-electron chi connectivity index (χ1n) is 5.63. The third kappa shape index (κ3) is 5.07. The lowest BCUT2D eigenvalue weighted by atomic mass is 10.2. The molecule has 0 bridgehead atoms. The summed E-state index contributed by atoms with van der Waals surface area (Å²) in [6.07, 6.45) is 1.03. The number of aromatic hydroxyl groups is 1. The highest BCUT2D eigenvalue weighted by molar-refractivity contribution is 5.25. The summed E-state index contributed by atoms with van der Waals surface area (Å²) in [6.45, 7) is 2.09. The minimum atomic E-state index is 0.340. The Morgan fingerprint density at radius 3 is 1.94 bits per heavy atom. The standard InChI is InChI=1S/C8H10O.C7H8O/c1-2-7-3-5-8(9)6-4-7;1-8-7-5-3-2-4-6-7/h3-6,9H,2H2,1H3;2-6H,1H3. The zero-order valence-corrected chi connectivity index (χ0v) is 10.3. The molecule has 1 N–H and O–H groups in total. The summed E-state index contributed by atoms with van der Waals surface area (Å²) in [4.78, 5) is 0. The fraction of sp³-hybridized carbons (Fsp3) is 0.200. The van der Waals surface area contributed by atoms with Gasteiger partial charge in [0.1, 0.15) is 11.5 Å². The summed E-state index contributed by atoms with van der Waals surface area (Å²) < 4.78 is 4.91. The average molecular weight is 230 g/mol. The number of ether oxygens (including phenoxy) is 1. The molecule has 2 nitrogen and oxygen atoms in total. The Hall–Kier alpha value is -1.96. The second kappa shape index (κ2) is 7.34. The zero-order chi connectivity index (χ0) is 12.5. The first kappa shape index (κ1) is 13.1. The van der Waals surface area contributed by atoms with E-state index in [2.05, 4.69) is 6.92 Å². The van der Waals surface area contributed by atoms with Crippen molar-refractivity contribution in [3.05, 3.63) is 60.2 Å². The molecule has 2 aromatic rings. The Morgan fingerprint density at radius 2 is 1.53 bits per heavy atom. The van der Waals surface area contributed by atoms with Gasteiger partial charge in [0, 0.05) is 0 Å². The van der Waals surface area contributed by atoms with Crippen molar-refractivity contribution >= 4 is 0 Å². The summed E-state index contributed by atoms with van der Waals surface area (Å²) in [5.74, 6) is 1.25. The van der Waals surface area contributed by atoms with E-state index in [0.29, 0.717) is 5.75 Å². The lowest BCUT2D eigenvalue weighted by molar-refractivity contribution is 0.415. The first-order chi connectivity index (χ1) is 8.26. The molecule has 0 aromatic heterocycles. The van der Waals surface area contributed by atoms with Crippen LogP contribution >= 0.6 is 0 Å². The molecule has 0 aliphatic heterocycles. The van der Waals surface area contributed by atoms with E-state index in [9.17, 15) is 0 Å². The van der Waals surface area contributed by atoms with Crippen LogP contribution in [0.3, 0.4) is 0 Å². The smallest absolute Gasteiger partial charge is 0.118 e. The predicted molar refractivity (Wildman–Crippen MR) is 70.5 cm³/mol. The van der Waals surface area contributed by atoms with E-state index in [1.165, 1.54) is 5.56 Å². The van der Waals surface area contributed by atoms with E-state index in [4.69, 9.17) is 9.84 Å². The van der Waals surface area contributed by atoms with Gasteiger partial charge in [-0.05, 0) is 36.2 Å². The van der Waals surface area contributed by atoms with E-state index < -0.39 is 0 Å². The first-order valence-corrected chi connectivity index (χ1v) is 5.63. The van der Waals surface area contributed by atoms with E-state index in [-0.39, 0.29) is 0 Å². The van der Waals surface area contributed by atoms with Gasteiger partial charge in [-0.3, -0.25) is 0 Å². The molecule has 0 fully saturated rings. The van der Waals surface area contributed by atoms with Crippen molar-refractivity contribution in [2.75, 3.05) is 7.11 Å². The maximum atomic E-state index is 8.85. The Kier molecular flexibility index (Phi) is 5.66. The molecule has 17 heavy (non-hydrogen) atoms. The predicted octanol–water partition coefficient (Wildman–Crippen LogP) is 3.65. The summed E-state index contributed by atoms with van der Waals surface area (Å²) in [6, 6.07) is 16.9. The zero-order valence-electron chi connectivity index (χ0n) is 10.3. The summed E-state index contributed by atoms with van der Waals surface area (Å²) in [5.41, 5.74) is 1.26. The molecule has 0 aliphatic rings. The molecule has 90 valence electrons. The van der Waals surface area contributed by atoms with Crippen molar-refractivity contribution in [2.24, 2.45) is 0 Å². The number of para-hydroxylation sites is 1. The Bertz CT molecular complexity index is 407. The van der Waals surface area contributed by atoms with Crippen LogP contribution < -0.4 is 4.74 Å². The van der Waals surface area contributed by atoms with Crippen LogP contribution in [0, 0.1) is 0 Å². The minimum absolute atomic E-state index is 0.340. The van der Waals surface area contributed by atoms with Gasteiger partial charge in [0.25, 0.3) is 0 Å². The second-order valence-corrected chi connectivity index (χ2v) is 3.54. The van der Waals surface area contributed by atoms with Crippen LogP contribution in [0.15, 0.2) is 54.6 Å². The molecule has 0 aliphatic carbocycles. The van der Waals surface area contributed by atoms with E-state index in [0.717, 1.165) is 12.2 Å². The molecule has 0 radical (unpaired) electrons. The lowest BCUT2D eigenvalue weighted by Crippen LogP contribution is -1.78. The topological polar surface area (TPSA) is 29.5 Å². The maximum Gasteiger partial charge on any atom is 0.118 e. The number of phenols is 1. The van der Waals surface area contributed by atoms with Crippen LogP contribution in [0.5, 0.6) is 11.5 Å². The number of aryl methyl sites for hydroxylation is 1. The van der Waals surface area contributed by atoms with Crippen molar-refractivity contribution in [3.8, 4) is 11.5 Å². The van der Waals surface area contributed by atoms with Crippen LogP contribution in [0.25, 0.3) is 0 Å². The number of methoxy groups -OCH3 is 1. The second-order valence-electron chi connectivity index (χ2n) is 3.54. The number of hydrogen-bond acceptors (Lipinski definition) is 2. The molecule has 2 heteroatoms. The fourth-order valence-corrected chi connectivity index (χ4v) is 1.29. The highest BCUT2D eigenvalue weighted by Crippen LogP contribution is 2.09. The van der Waals surface area contributed by atoms with Crippen molar-refractivity contribution in [3.63, 3.8) is 0 Å². The summed E-state index contributed by atoms with van der Waals surface area (Å²) >= 11 is 0. The van der Waals surface area contributed by atoms with Crippen molar-refractivity contribution in [1.29, 1.82) is 0 Å². The van der Waals surface area contributed by atoms with Crippen molar-refractivity contribution in [2.45, 2.75) is 13.3 Å². The summed E-state index contributed by atoms with van der Waals surface area (Å²) in [7, 11) is 1.66. The van der Waals surface area contributed by atoms with Gasteiger partial charge in [-0.15, -0.1) is 0 Å². The molecular weight excluding hydrogens is 212 g/mol. The van der Waals surface area contributed by atoms with Crippen molar-refractivity contribution < 1.29 is 9.84 Å². The molecule has 0 saturated carbocycles. The normalized spacial score (nSPS) is 9.06. The Morgan fingerprint density at radius 1 is 0.941 bits per heavy atom. The third-order valence-electron chi connectivity index (χ3n) is 2.32. The fourth-order valence-electron chi connectivity index (χ4n) is 1.29. The third-order valence-corrected chi connectivity index (χ3v) is 2.32. The van der Waals surface area contributed by atoms with E-state index >= 15 is 0 Å². The Labute approximate surface area is 102 Å². The quantitative estimate of drug-likeness (QED) is 0.853. The maximum absolute atomic E-state index is 8.85. The van der Waals surface area contributed by atoms with Gasteiger partial charge in [-0.2, -0.15) is 0 Å². The monoisotopic (exact) mass is 230 g/mol. The van der Waals surface area contributed by atoms with Gasteiger partial charge in [0.15, 0.2) is 0 Å². The SMILES string of the molecule is CCc1ccc(O)cc1.COc1ccccc1. The van der Waals surface area contributed by atoms with Gasteiger partial charge in [-0.1, -0.05) is 37.3 Å². The van der Waals surface area contributed by atoms with E-state index in [1.807, 2.05) is 42.5 Å². The highest BCUT2D eigenvalue weighted by Gasteiger charge is 1.86. The molecule has 0 spiro atoms. The van der Waals surface area contributed by atoms with Crippen LogP contribution in [-0.2, 0) is 6.42 Å². The van der Waals surface area contributed by atoms with Crippen molar-refractivity contribution in [1.82, 2.24) is 0 Å². The van der Waals surface area contributed by atoms with Gasteiger partial charge < -0.3 is 9.84 Å². The van der Waals surface area contributed by atoms with Crippen LogP contribution in [0.4, 0.5) is 0 Å². The Balaban J connectivity index is 0.000000171. The molecule has 0 saturated heterocycles. The van der Waals surface area contributed by atoms with Gasteiger partial charge >= 0.3 is 0 Å². The van der Waals surface area contributed by atoms with Crippen LogP contribution in [0.2, 0.25) is 0 Å². The molecule has 0 heterocycles. The average Bonchev–Trinajstić information content (AvgIpc) is 2.41. The van der Waals surface area contributed by atoms with E-state index in [1.54, 1.807) is 19.2 Å². The number of benzene rings is 2. The molecule has 0 unspecified atom stereocenters.